The smallest absolute Gasteiger partial charge is 0.195 e. The Morgan fingerprint density at radius 3 is 2.50 bits per heavy atom. The predicted molar refractivity (Wildman–Crippen MR) is 61.1 cm³/mol. The zero-order valence-electron chi connectivity index (χ0n) is 9.59. The third kappa shape index (κ3) is 1.90. The molecule has 0 spiro atoms. The number of aromatic amines is 1. The van der Waals surface area contributed by atoms with Crippen LogP contribution in [0.4, 0.5) is 0 Å². The van der Waals surface area contributed by atoms with Gasteiger partial charge in [0.1, 0.15) is 5.82 Å². The molecule has 0 aliphatic rings. The molecular weight excluding hydrogens is 194 g/mol. The van der Waals surface area contributed by atoms with Gasteiger partial charge in [0, 0.05) is 11.5 Å². The fraction of sp³-hybridized carbons (Fsp3) is 0.800. The molecule has 0 amide bonds. The predicted octanol–water partition coefficient (Wildman–Crippen LogP) is 3.21. The van der Waals surface area contributed by atoms with Gasteiger partial charge in [-0.05, 0) is 32.5 Å². The van der Waals surface area contributed by atoms with Gasteiger partial charge in [0.15, 0.2) is 4.77 Å². The summed E-state index contributed by atoms with van der Waals surface area (Å²) < 4.78 is 2.82. The molecule has 1 heterocycles. The molecule has 0 atom stereocenters. The molecule has 0 saturated heterocycles. The summed E-state index contributed by atoms with van der Waals surface area (Å²) in [6, 6.07) is 0.363. The highest BCUT2D eigenvalue weighted by Crippen LogP contribution is 2.26. The van der Waals surface area contributed by atoms with Crippen LogP contribution in [-0.4, -0.2) is 14.8 Å². The largest absolute Gasteiger partial charge is 0.301 e. The van der Waals surface area contributed by atoms with Gasteiger partial charge in [-0.15, -0.1) is 0 Å². The lowest BCUT2D eigenvalue weighted by Crippen LogP contribution is -2.23. The van der Waals surface area contributed by atoms with E-state index in [1.54, 1.807) is 0 Å². The quantitative estimate of drug-likeness (QED) is 0.782. The normalized spacial score (nSPS) is 12.4. The first-order valence-corrected chi connectivity index (χ1v) is 5.48. The molecule has 14 heavy (non-hydrogen) atoms. The first-order chi connectivity index (χ1) is 6.40. The number of rotatable bonds is 3. The molecule has 3 nitrogen and oxygen atoms in total. The van der Waals surface area contributed by atoms with Gasteiger partial charge in [-0.25, -0.2) is 0 Å². The van der Waals surface area contributed by atoms with Crippen LogP contribution in [0.15, 0.2) is 0 Å². The molecule has 0 radical (unpaired) electrons. The maximum Gasteiger partial charge on any atom is 0.195 e. The van der Waals surface area contributed by atoms with Crippen molar-refractivity contribution in [3.63, 3.8) is 0 Å². The number of nitrogens with zero attached hydrogens (tertiary/aromatic N) is 2. The lowest BCUT2D eigenvalue weighted by atomic mass is 9.89. The second-order valence-electron chi connectivity index (χ2n) is 4.55. The summed E-state index contributed by atoms with van der Waals surface area (Å²) in [5.41, 5.74) is 0.0812. The van der Waals surface area contributed by atoms with E-state index in [1.807, 2.05) is 0 Å². The molecule has 4 heteroatoms. The van der Waals surface area contributed by atoms with Crippen LogP contribution in [0.25, 0.3) is 0 Å². The summed E-state index contributed by atoms with van der Waals surface area (Å²) in [4.78, 5) is 0. The van der Waals surface area contributed by atoms with Gasteiger partial charge in [-0.1, -0.05) is 20.8 Å². The standard InChI is InChI=1S/C10H19N3S/c1-6-10(4,5)8-11-12-9(14)13(8)7(2)3/h7H,6H2,1-5H3,(H,12,14). The number of aromatic nitrogens is 3. The molecule has 0 saturated carbocycles. The summed E-state index contributed by atoms with van der Waals surface area (Å²) in [5.74, 6) is 1.06. The zero-order valence-corrected chi connectivity index (χ0v) is 10.4. The highest BCUT2D eigenvalue weighted by Gasteiger charge is 2.25. The van der Waals surface area contributed by atoms with E-state index in [1.165, 1.54) is 0 Å². The Hall–Kier alpha value is -0.640. The molecule has 0 aromatic carbocycles. The van der Waals surface area contributed by atoms with Crippen molar-refractivity contribution in [2.45, 2.75) is 52.5 Å². The van der Waals surface area contributed by atoms with Gasteiger partial charge in [-0.3, -0.25) is 5.10 Å². The molecule has 80 valence electrons. The number of nitrogens with one attached hydrogen (secondary N) is 1. The molecule has 0 aliphatic heterocycles. The van der Waals surface area contributed by atoms with E-state index in [9.17, 15) is 0 Å². The first kappa shape index (κ1) is 11.4. The van der Waals surface area contributed by atoms with E-state index < -0.39 is 0 Å². The van der Waals surface area contributed by atoms with Crippen LogP contribution >= 0.6 is 12.2 Å². The van der Waals surface area contributed by atoms with Crippen LogP contribution in [0.5, 0.6) is 0 Å². The van der Waals surface area contributed by atoms with Gasteiger partial charge >= 0.3 is 0 Å². The van der Waals surface area contributed by atoms with Crippen molar-refractivity contribution in [1.82, 2.24) is 14.8 Å². The van der Waals surface area contributed by atoms with Crippen LogP contribution < -0.4 is 0 Å². The highest BCUT2D eigenvalue weighted by molar-refractivity contribution is 7.71. The summed E-state index contributed by atoms with van der Waals surface area (Å²) >= 11 is 5.21. The lowest BCUT2D eigenvalue weighted by Gasteiger charge is -2.23. The maximum atomic E-state index is 5.21. The van der Waals surface area contributed by atoms with Gasteiger partial charge in [0.2, 0.25) is 0 Å². The molecule has 1 aromatic heterocycles. The Kier molecular flexibility index (Phi) is 3.14. The van der Waals surface area contributed by atoms with Crippen LogP contribution in [0.3, 0.4) is 0 Å². The average molecular weight is 213 g/mol. The number of H-pyrrole nitrogens is 1. The maximum absolute atomic E-state index is 5.21. The summed E-state index contributed by atoms with van der Waals surface area (Å²) in [6.07, 6.45) is 1.05. The highest BCUT2D eigenvalue weighted by atomic mass is 32.1. The fourth-order valence-electron chi connectivity index (χ4n) is 1.42. The van der Waals surface area contributed by atoms with Gasteiger partial charge in [-0.2, -0.15) is 5.10 Å². The zero-order chi connectivity index (χ0) is 10.9. The fourth-order valence-corrected chi connectivity index (χ4v) is 1.76. The SMILES string of the molecule is CCC(C)(C)c1n[nH]c(=S)n1C(C)C. The Bertz CT molecular complexity index is 360. The van der Waals surface area contributed by atoms with Gasteiger partial charge in [0.25, 0.3) is 0 Å². The molecular formula is C10H19N3S. The summed E-state index contributed by atoms with van der Waals surface area (Å²) in [7, 11) is 0. The van der Waals surface area contributed by atoms with Crippen LogP contribution in [0, 0.1) is 4.77 Å². The van der Waals surface area contributed by atoms with Crippen molar-refractivity contribution in [3.05, 3.63) is 10.6 Å². The average Bonchev–Trinajstić information content (AvgIpc) is 2.47. The second-order valence-corrected chi connectivity index (χ2v) is 4.94. The summed E-state index contributed by atoms with van der Waals surface area (Å²) in [6.45, 7) is 10.8. The van der Waals surface area contributed by atoms with Crippen LogP contribution in [0.2, 0.25) is 0 Å². The Morgan fingerprint density at radius 1 is 1.50 bits per heavy atom. The number of hydrogen-bond donors (Lipinski definition) is 1. The van der Waals surface area contributed by atoms with E-state index in [4.69, 9.17) is 12.2 Å². The monoisotopic (exact) mass is 213 g/mol. The molecule has 0 aliphatic carbocycles. The van der Waals surface area contributed by atoms with E-state index >= 15 is 0 Å². The van der Waals surface area contributed by atoms with E-state index in [0.29, 0.717) is 6.04 Å². The van der Waals surface area contributed by atoms with Crippen LogP contribution in [-0.2, 0) is 5.41 Å². The molecule has 1 aromatic rings. The first-order valence-electron chi connectivity index (χ1n) is 5.07. The topological polar surface area (TPSA) is 33.6 Å². The minimum atomic E-state index is 0.0812. The van der Waals surface area contributed by atoms with E-state index in [0.717, 1.165) is 17.0 Å². The van der Waals surface area contributed by atoms with Gasteiger partial charge < -0.3 is 4.57 Å². The lowest BCUT2D eigenvalue weighted by molar-refractivity contribution is 0.423. The Morgan fingerprint density at radius 2 is 2.07 bits per heavy atom. The van der Waals surface area contributed by atoms with E-state index in [-0.39, 0.29) is 5.41 Å². The van der Waals surface area contributed by atoms with Crippen molar-refractivity contribution in [2.75, 3.05) is 0 Å². The number of hydrogen-bond acceptors (Lipinski definition) is 2. The molecule has 0 unspecified atom stereocenters. The third-order valence-electron chi connectivity index (χ3n) is 2.71. The van der Waals surface area contributed by atoms with Crippen molar-refractivity contribution in [3.8, 4) is 0 Å². The summed E-state index contributed by atoms with van der Waals surface area (Å²) in [5, 5.41) is 7.20. The van der Waals surface area contributed by atoms with E-state index in [2.05, 4.69) is 49.4 Å². The van der Waals surface area contributed by atoms with Crippen molar-refractivity contribution in [2.24, 2.45) is 0 Å². The van der Waals surface area contributed by atoms with Crippen LogP contribution in [0.1, 0.15) is 52.9 Å². The van der Waals surface area contributed by atoms with Crippen molar-refractivity contribution < 1.29 is 0 Å². The van der Waals surface area contributed by atoms with Gasteiger partial charge in [0.05, 0.1) is 0 Å². The Labute approximate surface area is 90.5 Å². The minimum Gasteiger partial charge on any atom is -0.301 e. The minimum absolute atomic E-state index is 0.0812. The third-order valence-corrected chi connectivity index (χ3v) is 3.00. The van der Waals surface area contributed by atoms with Crippen molar-refractivity contribution in [1.29, 1.82) is 0 Å². The molecule has 1 rings (SSSR count). The molecule has 0 fully saturated rings. The molecule has 1 N–H and O–H groups in total. The van der Waals surface area contributed by atoms with Crippen molar-refractivity contribution >= 4 is 12.2 Å². The Balaban J connectivity index is 3.29. The second kappa shape index (κ2) is 3.85. The molecule has 0 bridgehead atoms.